The Labute approximate surface area is 160 Å². The maximum Gasteiger partial charge on any atom is 0.243 e. The minimum atomic E-state index is -0.193. The molecule has 2 aromatic carbocycles. The van der Waals surface area contributed by atoms with Crippen LogP contribution in [-0.2, 0) is 9.59 Å². The summed E-state index contributed by atoms with van der Waals surface area (Å²) in [6.07, 6.45) is 0.0468. The molecule has 0 saturated carbocycles. The van der Waals surface area contributed by atoms with Crippen LogP contribution in [0, 0.1) is 5.92 Å². The average molecular weight is 369 g/mol. The molecule has 2 aromatic rings. The summed E-state index contributed by atoms with van der Waals surface area (Å²) in [7, 11) is 0. The highest BCUT2D eigenvalue weighted by molar-refractivity contribution is 5.96. The van der Waals surface area contributed by atoms with E-state index in [1.807, 2.05) is 52.0 Å². The van der Waals surface area contributed by atoms with Gasteiger partial charge in [-0.15, -0.1) is 0 Å². The van der Waals surface area contributed by atoms with E-state index in [9.17, 15) is 9.59 Å². The van der Waals surface area contributed by atoms with E-state index in [2.05, 4.69) is 16.0 Å². The highest BCUT2D eigenvalue weighted by atomic mass is 16.5. The van der Waals surface area contributed by atoms with Gasteiger partial charge < -0.3 is 20.7 Å². The van der Waals surface area contributed by atoms with Crippen LogP contribution >= 0.6 is 0 Å². The highest BCUT2D eigenvalue weighted by Gasteiger charge is 2.09. The van der Waals surface area contributed by atoms with E-state index < -0.39 is 0 Å². The van der Waals surface area contributed by atoms with E-state index in [-0.39, 0.29) is 30.4 Å². The Hall–Kier alpha value is -3.02. The molecule has 0 saturated heterocycles. The fourth-order valence-corrected chi connectivity index (χ4v) is 2.31. The molecule has 0 spiro atoms. The predicted octanol–water partition coefficient (Wildman–Crippen LogP) is 4.12. The third-order valence-electron chi connectivity index (χ3n) is 3.63. The fraction of sp³-hybridized carbons (Fsp3) is 0.333. The molecular formula is C21H27N3O3. The van der Waals surface area contributed by atoms with Gasteiger partial charge in [-0.05, 0) is 44.2 Å². The summed E-state index contributed by atoms with van der Waals surface area (Å²) >= 11 is 0. The number of benzene rings is 2. The van der Waals surface area contributed by atoms with Gasteiger partial charge in [-0.3, -0.25) is 9.59 Å². The fourth-order valence-electron chi connectivity index (χ4n) is 2.31. The van der Waals surface area contributed by atoms with Crippen LogP contribution in [0.25, 0.3) is 0 Å². The van der Waals surface area contributed by atoms with Crippen molar-refractivity contribution in [3.8, 4) is 5.75 Å². The Morgan fingerprint density at radius 2 is 1.59 bits per heavy atom. The maximum atomic E-state index is 12.3. The number of anilines is 3. The Kier molecular flexibility index (Phi) is 7.23. The van der Waals surface area contributed by atoms with E-state index in [1.54, 1.807) is 24.3 Å². The van der Waals surface area contributed by atoms with Crippen molar-refractivity contribution in [3.05, 3.63) is 48.5 Å². The van der Waals surface area contributed by atoms with E-state index in [0.29, 0.717) is 17.1 Å². The number of hydrogen-bond donors (Lipinski definition) is 3. The maximum absolute atomic E-state index is 12.3. The average Bonchev–Trinajstić information content (AvgIpc) is 2.60. The largest absolute Gasteiger partial charge is 0.489 e. The molecule has 6 nitrogen and oxygen atoms in total. The zero-order chi connectivity index (χ0) is 19.8. The molecule has 2 rings (SSSR count). The highest BCUT2D eigenvalue weighted by Crippen LogP contribution is 2.24. The van der Waals surface area contributed by atoms with Crippen molar-refractivity contribution >= 4 is 28.9 Å². The number of ether oxygens (including phenoxy) is 1. The Bertz CT molecular complexity index is 788. The third-order valence-corrected chi connectivity index (χ3v) is 3.63. The molecule has 0 heterocycles. The molecule has 6 heteroatoms. The van der Waals surface area contributed by atoms with E-state index in [1.165, 1.54) is 0 Å². The first-order valence-electron chi connectivity index (χ1n) is 9.05. The van der Waals surface area contributed by atoms with Crippen molar-refractivity contribution in [2.45, 2.75) is 33.8 Å². The standard InChI is InChI=1S/C21H27N3O3/c1-14(2)21(26)24-17-9-7-8-16(12-17)23-20(25)13-22-18-10-5-6-11-19(18)27-15(3)4/h5-12,14-15,22H,13H2,1-4H3,(H,23,25)(H,24,26). The van der Waals surface area contributed by atoms with Crippen molar-refractivity contribution in [2.75, 3.05) is 22.5 Å². The van der Waals surface area contributed by atoms with Crippen LogP contribution in [0.3, 0.4) is 0 Å². The normalized spacial score (nSPS) is 10.6. The molecule has 0 fully saturated rings. The molecule has 0 unspecified atom stereocenters. The monoisotopic (exact) mass is 369 g/mol. The first-order chi connectivity index (χ1) is 12.8. The summed E-state index contributed by atoms with van der Waals surface area (Å²) in [4.78, 5) is 24.1. The van der Waals surface area contributed by atoms with Crippen LogP contribution in [-0.4, -0.2) is 24.5 Å². The molecule has 0 bridgehead atoms. The van der Waals surface area contributed by atoms with Crippen molar-refractivity contribution in [2.24, 2.45) is 5.92 Å². The quantitative estimate of drug-likeness (QED) is 0.654. The number of nitrogens with one attached hydrogen (secondary N) is 3. The Balaban J connectivity index is 1.94. The van der Waals surface area contributed by atoms with Gasteiger partial charge in [0.2, 0.25) is 11.8 Å². The molecular weight excluding hydrogens is 342 g/mol. The van der Waals surface area contributed by atoms with Gasteiger partial charge in [0.25, 0.3) is 0 Å². The number of rotatable bonds is 8. The molecule has 0 aliphatic rings. The minimum absolute atomic E-state index is 0.0468. The number of carbonyl (C=O) groups is 2. The SMILES string of the molecule is CC(C)Oc1ccccc1NCC(=O)Nc1cccc(NC(=O)C(C)C)c1. The molecule has 0 aliphatic heterocycles. The Morgan fingerprint density at radius 3 is 2.26 bits per heavy atom. The summed E-state index contributed by atoms with van der Waals surface area (Å²) in [6, 6.07) is 14.6. The summed E-state index contributed by atoms with van der Waals surface area (Å²) in [5, 5.41) is 8.73. The first-order valence-corrected chi connectivity index (χ1v) is 9.05. The van der Waals surface area contributed by atoms with Crippen LogP contribution in [0.15, 0.2) is 48.5 Å². The lowest BCUT2D eigenvalue weighted by molar-refractivity contribution is -0.119. The number of amides is 2. The Morgan fingerprint density at radius 1 is 0.926 bits per heavy atom. The second-order valence-corrected chi connectivity index (χ2v) is 6.79. The first kappa shape index (κ1) is 20.3. The molecule has 0 radical (unpaired) electrons. The van der Waals surface area contributed by atoms with E-state index in [4.69, 9.17) is 4.74 Å². The van der Waals surface area contributed by atoms with Gasteiger partial charge in [-0.25, -0.2) is 0 Å². The minimum Gasteiger partial charge on any atom is -0.489 e. The summed E-state index contributed by atoms with van der Waals surface area (Å²) < 4.78 is 5.73. The number of carbonyl (C=O) groups excluding carboxylic acids is 2. The molecule has 0 atom stereocenters. The van der Waals surface area contributed by atoms with Crippen molar-refractivity contribution < 1.29 is 14.3 Å². The van der Waals surface area contributed by atoms with Crippen LogP contribution in [0.4, 0.5) is 17.1 Å². The lowest BCUT2D eigenvalue weighted by atomic mass is 10.2. The molecule has 144 valence electrons. The van der Waals surface area contributed by atoms with E-state index >= 15 is 0 Å². The van der Waals surface area contributed by atoms with Crippen LogP contribution in [0.1, 0.15) is 27.7 Å². The van der Waals surface area contributed by atoms with Gasteiger partial charge in [0.05, 0.1) is 18.3 Å². The summed E-state index contributed by atoms with van der Waals surface area (Å²) in [6.45, 7) is 7.66. The molecule has 0 aliphatic carbocycles. The molecule has 3 N–H and O–H groups in total. The van der Waals surface area contributed by atoms with Crippen LogP contribution in [0.5, 0.6) is 5.75 Å². The smallest absolute Gasteiger partial charge is 0.243 e. The van der Waals surface area contributed by atoms with Gasteiger partial charge >= 0.3 is 0 Å². The van der Waals surface area contributed by atoms with Crippen LogP contribution in [0.2, 0.25) is 0 Å². The van der Waals surface area contributed by atoms with Gasteiger partial charge in [-0.2, -0.15) is 0 Å². The van der Waals surface area contributed by atoms with Crippen molar-refractivity contribution in [3.63, 3.8) is 0 Å². The zero-order valence-electron chi connectivity index (χ0n) is 16.2. The predicted molar refractivity (Wildman–Crippen MR) is 109 cm³/mol. The summed E-state index contributed by atoms with van der Waals surface area (Å²) in [5.41, 5.74) is 2.03. The summed E-state index contributed by atoms with van der Waals surface area (Å²) in [5.74, 6) is 0.336. The lowest BCUT2D eigenvalue weighted by Gasteiger charge is -2.15. The second kappa shape index (κ2) is 9.62. The van der Waals surface area contributed by atoms with Gasteiger partial charge in [-0.1, -0.05) is 32.0 Å². The number of para-hydroxylation sites is 2. The van der Waals surface area contributed by atoms with Crippen molar-refractivity contribution in [1.29, 1.82) is 0 Å². The zero-order valence-corrected chi connectivity index (χ0v) is 16.2. The second-order valence-electron chi connectivity index (χ2n) is 6.79. The molecule has 27 heavy (non-hydrogen) atoms. The topological polar surface area (TPSA) is 79.5 Å². The van der Waals surface area contributed by atoms with Gasteiger partial charge in [0, 0.05) is 17.3 Å². The molecule has 2 amide bonds. The van der Waals surface area contributed by atoms with Gasteiger partial charge in [0.15, 0.2) is 0 Å². The van der Waals surface area contributed by atoms with Gasteiger partial charge in [0.1, 0.15) is 5.75 Å². The lowest BCUT2D eigenvalue weighted by Crippen LogP contribution is -2.22. The van der Waals surface area contributed by atoms with Crippen molar-refractivity contribution in [1.82, 2.24) is 0 Å². The third kappa shape index (κ3) is 6.66. The number of hydrogen-bond acceptors (Lipinski definition) is 4. The van der Waals surface area contributed by atoms with Crippen LogP contribution < -0.4 is 20.7 Å². The van der Waals surface area contributed by atoms with E-state index in [0.717, 1.165) is 5.69 Å². The molecule has 0 aromatic heterocycles.